The maximum absolute atomic E-state index is 12.0. The quantitative estimate of drug-likeness (QED) is 0.764. The number of carbonyl (C=O) groups is 1. The summed E-state index contributed by atoms with van der Waals surface area (Å²) < 4.78 is 0. The fourth-order valence-corrected chi connectivity index (χ4v) is 1.70. The van der Waals surface area contributed by atoms with Crippen LogP contribution in [0, 0.1) is 13.8 Å². The molecule has 0 aliphatic heterocycles. The van der Waals surface area contributed by atoms with E-state index in [1.54, 1.807) is 0 Å². The maximum Gasteiger partial charge on any atom is 0.176 e. The predicted octanol–water partition coefficient (Wildman–Crippen LogP) is 1.80. The molecule has 0 saturated carbocycles. The van der Waals surface area contributed by atoms with Gasteiger partial charge >= 0.3 is 0 Å². The maximum atomic E-state index is 12.0. The summed E-state index contributed by atoms with van der Waals surface area (Å²) in [5.74, 6) is 0.114. The fraction of sp³-hybridized carbons (Fsp3) is 0.500. The molecule has 0 unspecified atom stereocenters. The molecular weight excluding hydrogens is 214 g/mol. The number of rotatable bonds is 6. The van der Waals surface area contributed by atoms with E-state index in [0.29, 0.717) is 13.1 Å². The van der Waals surface area contributed by atoms with Crippen LogP contribution in [-0.2, 0) is 0 Å². The monoisotopic (exact) mass is 235 g/mol. The second-order valence-corrected chi connectivity index (χ2v) is 4.31. The van der Waals surface area contributed by atoms with E-state index in [1.807, 2.05) is 43.9 Å². The molecule has 0 radical (unpaired) electrons. The van der Waals surface area contributed by atoms with Crippen LogP contribution in [0.4, 0.5) is 0 Å². The molecule has 0 amide bonds. The zero-order chi connectivity index (χ0) is 12.8. The molecule has 0 aromatic heterocycles. The van der Waals surface area contributed by atoms with Crippen LogP contribution in [0.3, 0.4) is 0 Å². The summed E-state index contributed by atoms with van der Waals surface area (Å²) in [5, 5.41) is 8.88. The zero-order valence-electron chi connectivity index (χ0n) is 10.9. The molecule has 17 heavy (non-hydrogen) atoms. The molecule has 1 rings (SSSR count). The van der Waals surface area contributed by atoms with Gasteiger partial charge in [-0.25, -0.2) is 0 Å². The lowest BCUT2D eigenvalue weighted by Crippen LogP contribution is -2.32. The molecule has 0 bridgehead atoms. The normalized spacial score (nSPS) is 10.9. The van der Waals surface area contributed by atoms with E-state index in [-0.39, 0.29) is 12.4 Å². The SMILES string of the molecule is CCN(CCO)CC(=O)c1ccc(C)c(C)c1. The second kappa shape index (κ2) is 6.52. The minimum atomic E-state index is 0.0913. The van der Waals surface area contributed by atoms with Crippen molar-refractivity contribution >= 4 is 5.78 Å². The molecule has 3 heteroatoms. The minimum Gasteiger partial charge on any atom is -0.395 e. The number of nitrogens with zero attached hydrogens (tertiary/aromatic N) is 1. The van der Waals surface area contributed by atoms with Gasteiger partial charge in [0.25, 0.3) is 0 Å². The largest absolute Gasteiger partial charge is 0.395 e. The molecule has 0 atom stereocenters. The van der Waals surface area contributed by atoms with Gasteiger partial charge in [0.15, 0.2) is 5.78 Å². The minimum absolute atomic E-state index is 0.0913. The van der Waals surface area contributed by atoms with Crippen LogP contribution < -0.4 is 0 Å². The van der Waals surface area contributed by atoms with Crippen LogP contribution in [0.1, 0.15) is 28.4 Å². The van der Waals surface area contributed by atoms with Gasteiger partial charge in [-0.2, -0.15) is 0 Å². The summed E-state index contributed by atoms with van der Waals surface area (Å²) in [6.07, 6.45) is 0. The number of hydrogen-bond acceptors (Lipinski definition) is 3. The van der Waals surface area contributed by atoms with Gasteiger partial charge in [-0.15, -0.1) is 0 Å². The molecular formula is C14H21NO2. The van der Waals surface area contributed by atoms with Crippen molar-refractivity contribution in [2.24, 2.45) is 0 Å². The molecule has 1 aromatic carbocycles. The van der Waals surface area contributed by atoms with Gasteiger partial charge in [-0.3, -0.25) is 9.69 Å². The molecule has 0 saturated heterocycles. The number of aliphatic hydroxyl groups excluding tert-OH is 1. The highest BCUT2D eigenvalue weighted by atomic mass is 16.3. The van der Waals surface area contributed by atoms with Crippen LogP contribution in [0.5, 0.6) is 0 Å². The van der Waals surface area contributed by atoms with Gasteiger partial charge in [0.1, 0.15) is 0 Å². The third-order valence-corrected chi connectivity index (χ3v) is 3.06. The summed E-state index contributed by atoms with van der Waals surface area (Å²) in [5.41, 5.74) is 3.09. The first kappa shape index (κ1) is 13.9. The van der Waals surface area contributed by atoms with Crippen molar-refractivity contribution < 1.29 is 9.90 Å². The lowest BCUT2D eigenvalue weighted by Gasteiger charge is -2.18. The van der Waals surface area contributed by atoms with Crippen molar-refractivity contribution in [2.45, 2.75) is 20.8 Å². The van der Waals surface area contributed by atoms with E-state index >= 15 is 0 Å². The summed E-state index contributed by atoms with van der Waals surface area (Å²) >= 11 is 0. The highest BCUT2D eigenvalue weighted by Gasteiger charge is 2.11. The Morgan fingerprint density at radius 3 is 2.53 bits per heavy atom. The molecule has 94 valence electrons. The van der Waals surface area contributed by atoms with Gasteiger partial charge in [-0.1, -0.05) is 19.1 Å². The molecule has 0 fully saturated rings. The van der Waals surface area contributed by atoms with Crippen LogP contribution in [-0.4, -0.2) is 42.0 Å². The Labute approximate surface area is 103 Å². The number of ketones is 1. The molecule has 0 aliphatic carbocycles. The van der Waals surface area contributed by atoms with Crippen molar-refractivity contribution in [3.63, 3.8) is 0 Å². The third-order valence-electron chi connectivity index (χ3n) is 3.06. The molecule has 0 heterocycles. The molecule has 1 N–H and O–H groups in total. The number of aryl methyl sites for hydroxylation is 2. The van der Waals surface area contributed by atoms with Crippen LogP contribution >= 0.6 is 0 Å². The van der Waals surface area contributed by atoms with E-state index in [4.69, 9.17) is 5.11 Å². The highest BCUT2D eigenvalue weighted by Crippen LogP contribution is 2.10. The van der Waals surface area contributed by atoms with E-state index in [2.05, 4.69) is 0 Å². The number of carbonyl (C=O) groups excluding carboxylic acids is 1. The van der Waals surface area contributed by atoms with Gasteiger partial charge in [0.05, 0.1) is 13.2 Å². The summed E-state index contributed by atoms with van der Waals surface area (Å²) in [6.45, 7) is 7.83. The molecule has 0 spiro atoms. The first-order valence-electron chi connectivity index (χ1n) is 6.02. The third kappa shape index (κ3) is 3.95. The number of benzene rings is 1. The number of aliphatic hydroxyl groups is 1. The summed E-state index contributed by atoms with van der Waals surface area (Å²) in [4.78, 5) is 14.0. The van der Waals surface area contributed by atoms with Crippen LogP contribution in [0.25, 0.3) is 0 Å². The van der Waals surface area contributed by atoms with Crippen molar-refractivity contribution in [1.29, 1.82) is 0 Å². The van der Waals surface area contributed by atoms with E-state index < -0.39 is 0 Å². The predicted molar refractivity (Wildman–Crippen MR) is 69.4 cm³/mol. The Morgan fingerprint density at radius 2 is 2.00 bits per heavy atom. The Bertz CT molecular complexity index is 388. The average Bonchev–Trinajstić information content (AvgIpc) is 2.31. The van der Waals surface area contributed by atoms with E-state index in [1.165, 1.54) is 5.56 Å². The van der Waals surface area contributed by atoms with Crippen molar-refractivity contribution in [1.82, 2.24) is 4.90 Å². The fourth-order valence-electron chi connectivity index (χ4n) is 1.70. The number of likely N-dealkylation sites (N-methyl/N-ethyl adjacent to an activating group) is 1. The molecule has 1 aromatic rings. The van der Waals surface area contributed by atoms with E-state index in [0.717, 1.165) is 17.7 Å². The second-order valence-electron chi connectivity index (χ2n) is 4.31. The smallest absolute Gasteiger partial charge is 0.176 e. The topological polar surface area (TPSA) is 40.5 Å². The Kier molecular flexibility index (Phi) is 5.32. The highest BCUT2D eigenvalue weighted by molar-refractivity contribution is 5.97. The van der Waals surface area contributed by atoms with Crippen LogP contribution in [0.15, 0.2) is 18.2 Å². The van der Waals surface area contributed by atoms with Crippen molar-refractivity contribution in [2.75, 3.05) is 26.2 Å². The first-order chi connectivity index (χ1) is 8.08. The summed E-state index contributed by atoms with van der Waals surface area (Å²) in [7, 11) is 0. The summed E-state index contributed by atoms with van der Waals surface area (Å²) in [6, 6.07) is 5.78. The van der Waals surface area contributed by atoms with Gasteiger partial charge < -0.3 is 5.11 Å². The van der Waals surface area contributed by atoms with Gasteiger partial charge in [0.2, 0.25) is 0 Å². The van der Waals surface area contributed by atoms with Crippen molar-refractivity contribution in [3.8, 4) is 0 Å². The van der Waals surface area contributed by atoms with Crippen molar-refractivity contribution in [3.05, 3.63) is 34.9 Å². The van der Waals surface area contributed by atoms with E-state index in [9.17, 15) is 4.79 Å². The number of Topliss-reactive ketones (excluding diaryl/α,β-unsaturated/α-hetero) is 1. The lowest BCUT2D eigenvalue weighted by atomic mass is 10.0. The average molecular weight is 235 g/mol. The van der Waals surface area contributed by atoms with Crippen LogP contribution in [0.2, 0.25) is 0 Å². The van der Waals surface area contributed by atoms with Gasteiger partial charge in [-0.05, 0) is 37.6 Å². The zero-order valence-corrected chi connectivity index (χ0v) is 10.9. The van der Waals surface area contributed by atoms with Gasteiger partial charge in [0, 0.05) is 12.1 Å². The Morgan fingerprint density at radius 1 is 1.29 bits per heavy atom. The number of hydrogen-bond donors (Lipinski definition) is 1. The Balaban J connectivity index is 2.72. The molecule has 3 nitrogen and oxygen atoms in total. The standard InChI is InChI=1S/C14H21NO2/c1-4-15(7-8-16)10-14(17)13-6-5-11(2)12(3)9-13/h5-6,9,16H,4,7-8,10H2,1-3H3. The Hall–Kier alpha value is -1.19. The lowest BCUT2D eigenvalue weighted by molar-refractivity contribution is 0.0919. The molecule has 0 aliphatic rings. The first-order valence-corrected chi connectivity index (χ1v) is 6.02.